The van der Waals surface area contributed by atoms with Crippen LogP contribution in [0.2, 0.25) is 0 Å². The maximum Gasteiger partial charge on any atom is 0.148 e. The molecule has 27 heavy (non-hydrogen) atoms. The molecule has 0 aromatic heterocycles. The van der Waals surface area contributed by atoms with E-state index in [2.05, 4.69) is 42.0 Å². The van der Waals surface area contributed by atoms with Gasteiger partial charge in [0.25, 0.3) is 0 Å². The normalized spacial score (nSPS) is 50.6. The lowest BCUT2D eigenvalue weighted by Crippen LogP contribution is -2.65. The predicted octanol–water partition coefficient (Wildman–Crippen LogP) is 3.34. The summed E-state index contributed by atoms with van der Waals surface area (Å²) in [5, 5.41) is 14.7. The Morgan fingerprint density at radius 3 is 2.44 bits per heavy atom. The van der Waals surface area contributed by atoms with Crippen LogP contribution in [0.4, 0.5) is 0 Å². The van der Waals surface area contributed by atoms with Gasteiger partial charge in [-0.15, -0.1) is 0 Å². The fraction of sp³-hybridized carbons (Fsp3) is 0.909. The quantitative estimate of drug-likeness (QED) is 0.511. The minimum Gasteiger partial charge on any atom is -0.390 e. The molecule has 0 aromatic carbocycles. The maximum absolute atomic E-state index is 13.2. The predicted molar refractivity (Wildman–Crippen MR) is 109 cm³/mol. The Balaban J connectivity index is 1.53. The minimum absolute atomic E-state index is 0.0440. The summed E-state index contributed by atoms with van der Waals surface area (Å²) in [6.07, 6.45) is 5.39. The van der Waals surface area contributed by atoms with Gasteiger partial charge < -0.3 is 10.4 Å². The summed E-state index contributed by atoms with van der Waals surface area (Å²) < 4.78 is 0. The number of aliphatic hydroxyl groups is 1. The average molecular weight is 440 g/mol. The van der Waals surface area contributed by atoms with E-state index in [-0.39, 0.29) is 28.2 Å². The van der Waals surface area contributed by atoms with Crippen molar-refractivity contribution in [3.05, 3.63) is 0 Å². The van der Waals surface area contributed by atoms with Crippen LogP contribution in [-0.4, -0.2) is 39.7 Å². The number of alkyl halides is 1. The highest BCUT2D eigenvalue weighted by Gasteiger charge is 2.57. The van der Waals surface area contributed by atoms with Gasteiger partial charge in [-0.3, -0.25) is 9.59 Å². The summed E-state index contributed by atoms with van der Waals surface area (Å²) in [6, 6.07) is -0.132. The van der Waals surface area contributed by atoms with Gasteiger partial charge in [-0.2, -0.15) is 0 Å². The van der Waals surface area contributed by atoms with E-state index in [1.54, 1.807) is 0 Å². The van der Waals surface area contributed by atoms with Crippen LogP contribution in [0, 0.1) is 41.4 Å². The molecular weight excluding hydrogens is 406 g/mol. The number of fused-ring (bicyclic) bond motifs is 2. The highest BCUT2D eigenvalue weighted by molar-refractivity contribution is 9.09. The summed E-state index contributed by atoms with van der Waals surface area (Å²) in [6.45, 7) is 6.74. The molecule has 4 nitrogen and oxygen atoms in total. The molecule has 3 saturated carbocycles. The zero-order valence-electron chi connectivity index (χ0n) is 16.7. The summed E-state index contributed by atoms with van der Waals surface area (Å²) >= 11 is 3.77. The molecule has 4 aliphatic rings. The van der Waals surface area contributed by atoms with Crippen molar-refractivity contribution < 1.29 is 14.7 Å². The molecular formula is C22H34BrNO3. The van der Waals surface area contributed by atoms with Crippen molar-refractivity contribution in [3.8, 4) is 0 Å². The van der Waals surface area contributed by atoms with Gasteiger partial charge in [0.2, 0.25) is 0 Å². The summed E-state index contributed by atoms with van der Waals surface area (Å²) in [4.78, 5) is 26.2. The van der Waals surface area contributed by atoms with Gasteiger partial charge in [-0.05, 0) is 62.2 Å². The monoisotopic (exact) mass is 439 g/mol. The second-order valence-corrected chi connectivity index (χ2v) is 11.2. The zero-order chi connectivity index (χ0) is 19.5. The van der Waals surface area contributed by atoms with E-state index in [0.717, 1.165) is 32.1 Å². The Morgan fingerprint density at radius 2 is 1.74 bits per heavy atom. The zero-order valence-corrected chi connectivity index (χ0v) is 18.3. The van der Waals surface area contributed by atoms with Crippen molar-refractivity contribution in [2.45, 2.75) is 82.3 Å². The minimum atomic E-state index is -0.687. The van der Waals surface area contributed by atoms with E-state index in [9.17, 15) is 14.7 Å². The first kappa shape index (κ1) is 20.0. The van der Waals surface area contributed by atoms with Crippen molar-refractivity contribution in [3.63, 3.8) is 0 Å². The van der Waals surface area contributed by atoms with Crippen LogP contribution < -0.4 is 5.32 Å². The number of ketones is 2. The lowest BCUT2D eigenvalue weighted by molar-refractivity contribution is -0.132. The fourth-order valence-corrected chi connectivity index (χ4v) is 7.40. The molecule has 3 aliphatic carbocycles. The van der Waals surface area contributed by atoms with Gasteiger partial charge in [-0.1, -0.05) is 36.7 Å². The molecule has 152 valence electrons. The van der Waals surface area contributed by atoms with E-state index in [4.69, 9.17) is 0 Å². The van der Waals surface area contributed by atoms with Gasteiger partial charge >= 0.3 is 0 Å². The Kier molecular flexibility index (Phi) is 5.59. The van der Waals surface area contributed by atoms with Crippen LogP contribution in [0.25, 0.3) is 0 Å². The molecule has 10 atom stereocenters. The van der Waals surface area contributed by atoms with Gasteiger partial charge in [0, 0.05) is 22.7 Å². The topological polar surface area (TPSA) is 66.4 Å². The van der Waals surface area contributed by atoms with Crippen molar-refractivity contribution in [2.24, 2.45) is 41.4 Å². The number of Topliss-reactive ketones (excluding diaryl/α,β-unsaturated/α-hetero) is 2. The van der Waals surface area contributed by atoms with Crippen molar-refractivity contribution in [1.29, 1.82) is 0 Å². The van der Waals surface area contributed by atoms with Gasteiger partial charge in [-0.25, -0.2) is 0 Å². The molecule has 0 amide bonds. The molecule has 4 fully saturated rings. The maximum atomic E-state index is 13.2. The molecule has 0 bridgehead atoms. The number of piperidine rings is 1. The Bertz CT molecular complexity index is 606. The average Bonchev–Trinajstić information content (AvgIpc) is 2.88. The van der Waals surface area contributed by atoms with Gasteiger partial charge in [0.15, 0.2) is 0 Å². The van der Waals surface area contributed by atoms with E-state index >= 15 is 0 Å². The largest absolute Gasteiger partial charge is 0.390 e. The summed E-state index contributed by atoms with van der Waals surface area (Å²) in [5.41, 5.74) is 0. The van der Waals surface area contributed by atoms with Gasteiger partial charge in [0.05, 0.1) is 18.1 Å². The molecule has 1 heterocycles. The third kappa shape index (κ3) is 3.36. The molecule has 10 unspecified atom stereocenters. The summed E-state index contributed by atoms with van der Waals surface area (Å²) in [5.74, 6) is 1.57. The second kappa shape index (κ2) is 7.53. The number of halogens is 1. The number of carbonyl (C=O) groups is 2. The number of hydrogen-bond donors (Lipinski definition) is 2. The van der Waals surface area contributed by atoms with Crippen LogP contribution in [0.3, 0.4) is 0 Å². The second-order valence-electron chi connectivity index (χ2n) is 10.1. The molecule has 4 rings (SSSR count). The van der Waals surface area contributed by atoms with Crippen LogP contribution in [0.1, 0.15) is 59.3 Å². The highest BCUT2D eigenvalue weighted by Crippen LogP contribution is 2.47. The van der Waals surface area contributed by atoms with Crippen molar-refractivity contribution in [1.82, 2.24) is 5.32 Å². The van der Waals surface area contributed by atoms with Crippen LogP contribution in [0.15, 0.2) is 0 Å². The number of rotatable bonds is 2. The first-order valence-electron chi connectivity index (χ1n) is 10.9. The lowest BCUT2D eigenvalue weighted by Gasteiger charge is -2.49. The van der Waals surface area contributed by atoms with E-state index in [1.807, 2.05) is 0 Å². The third-order valence-electron chi connectivity index (χ3n) is 8.21. The van der Waals surface area contributed by atoms with Crippen LogP contribution >= 0.6 is 15.9 Å². The van der Waals surface area contributed by atoms with E-state index < -0.39 is 18.1 Å². The third-order valence-corrected chi connectivity index (χ3v) is 9.43. The number of aliphatic hydroxyl groups excluding tert-OH is 1. The molecule has 0 spiro atoms. The Labute approximate surface area is 171 Å². The lowest BCUT2D eigenvalue weighted by atomic mass is 9.68. The molecule has 2 N–H and O–H groups in total. The molecule has 1 saturated heterocycles. The van der Waals surface area contributed by atoms with Gasteiger partial charge in [0.1, 0.15) is 11.6 Å². The standard InChI is InChI=1S/C22H34BrNO3/c1-10(2)12-5-7-16-15(9-12)18(23)22(27)19(24-16)17-20(25)13-6-4-11(3)8-14(13)21(17)26/h10-19,22,24,27H,4-9H2,1-3H3. The molecule has 0 aromatic rings. The SMILES string of the molecule is CC1CCC2C(=O)C(C3NC4CCC(C(C)C)CC4C(Br)C3O)C(=O)C2C1. The highest BCUT2D eigenvalue weighted by atomic mass is 79.9. The smallest absolute Gasteiger partial charge is 0.148 e. The number of nitrogens with one attached hydrogen (secondary N) is 1. The molecule has 1 aliphatic heterocycles. The molecule has 5 heteroatoms. The van der Waals surface area contributed by atoms with E-state index in [0.29, 0.717) is 29.7 Å². The van der Waals surface area contributed by atoms with Crippen molar-refractivity contribution >= 4 is 27.5 Å². The Morgan fingerprint density at radius 1 is 1.04 bits per heavy atom. The number of hydrogen-bond acceptors (Lipinski definition) is 4. The first-order valence-corrected chi connectivity index (χ1v) is 11.9. The van der Waals surface area contributed by atoms with E-state index in [1.165, 1.54) is 6.42 Å². The first-order chi connectivity index (χ1) is 12.8. The van der Waals surface area contributed by atoms with Crippen LogP contribution in [0.5, 0.6) is 0 Å². The van der Waals surface area contributed by atoms with Crippen molar-refractivity contribution in [2.75, 3.05) is 0 Å². The number of carbonyl (C=O) groups excluding carboxylic acids is 2. The Hall–Kier alpha value is -0.260. The molecule has 0 radical (unpaired) electrons. The summed E-state index contributed by atoms with van der Waals surface area (Å²) in [7, 11) is 0. The fourth-order valence-electron chi connectivity index (χ4n) is 6.49. The van der Waals surface area contributed by atoms with Crippen LogP contribution in [-0.2, 0) is 9.59 Å².